The van der Waals surface area contributed by atoms with Crippen molar-refractivity contribution < 1.29 is 4.39 Å². The van der Waals surface area contributed by atoms with E-state index in [9.17, 15) is 4.39 Å². The topological polar surface area (TPSA) is 24.1 Å². The Labute approximate surface area is 127 Å². The maximum absolute atomic E-state index is 14.3. The van der Waals surface area contributed by atoms with Gasteiger partial charge in [0.25, 0.3) is 0 Å². The van der Waals surface area contributed by atoms with Crippen molar-refractivity contribution in [1.82, 2.24) is 5.32 Å². The van der Waals surface area contributed by atoms with Crippen LogP contribution in [0.4, 0.5) is 10.1 Å². The van der Waals surface area contributed by atoms with Gasteiger partial charge in [0, 0.05) is 12.1 Å². The molecule has 2 N–H and O–H groups in total. The Balaban J connectivity index is 2.28. The minimum atomic E-state index is -0.227. The maximum Gasteiger partial charge on any atom is 0.146 e. The summed E-state index contributed by atoms with van der Waals surface area (Å²) in [5.74, 6) is -0.227. The van der Waals surface area contributed by atoms with Gasteiger partial charge in [0.2, 0.25) is 0 Å². The van der Waals surface area contributed by atoms with E-state index < -0.39 is 0 Å². The van der Waals surface area contributed by atoms with Gasteiger partial charge in [-0.1, -0.05) is 37.6 Å². The molecule has 0 spiro atoms. The molecule has 0 amide bonds. The Morgan fingerprint density at radius 1 is 1.29 bits per heavy atom. The molecule has 0 bridgehead atoms. The number of likely N-dealkylation sites (N-methyl/N-ethyl adjacent to an activating group) is 1. The summed E-state index contributed by atoms with van der Waals surface area (Å²) in [4.78, 5) is 0. The monoisotopic (exact) mass is 288 g/mol. The van der Waals surface area contributed by atoms with Gasteiger partial charge in [-0.05, 0) is 50.1 Å². The second-order valence-corrected chi connectivity index (χ2v) is 5.83. The molecule has 3 heteroatoms. The van der Waals surface area contributed by atoms with Crippen LogP contribution in [-0.4, -0.2) is 19.1 Å². The van der Waals surface area contributed by atoms with Crippen molar-refractivity contribution in [3.63, 3.8) is 0 Å². The number of rotatable bonds is 5. The Morgan fingerprint density at radius 3 is 2.52 bits per heavy atom. The number of nitrogens with one attached hydrogen (secondary N) is 2. The molecule has 0 aromatic heterocycles. The van der Waals surface area contributed by atoms with Crippen molar-refractivity contribution in [1.29, 1.82) is 0 Å². The first-order valence-electron chi connectivity index (χ1n) is 7.62. The smallest absolute Gasteiger partial charge is 0.146 e. The van der Waals surface area contributed by atoms with Crippen molar-refractivity contribution in [2.24, 2.45) is 0 Å². The Morgan fingerprint density at radius 2 is 1.95 bits per heavy atom. The SMILES string of the molecule is C=Cc1cc(F)c(NC2CCCCC2NC)cc1C(=C)C. The van der Waals surface area contributed by atoms with Crippen LogP contribution in [0.25, 0.3) is 11.6 Å². The van der Waals surface area contributed by atoms with Gasteiger partial charge in [-0.25, -0.2) is 4.39 Å². The zero-order valence-corrected chi connectivity index (χ0v) is 13.0. The van der Waals surface area contributed by atoms with Gasteiger partial charge >= 0.3 is 0 Å². The standard InChI is InChI=1S/C18H25FN2/c1-5-13-10-15(19)18(11-14(13)12(2)3)21-17-9-7-6-8-16(17)20-4/h5,10-11,16-17,20-21H,1-2,6-9H2,3-4H3. The number of halogens is 1. The van der Waals surface area contributed by atoms with Crippen molar-refractivity contribution in [2.45, 2.75) is 44.7 Å². The van der Waals surface area contributed by atoms with E-state index in [2.05, 4.69) is 23.8 Å². The minimum Gasteiger partial charge on any atom is -0.378 e. The Bertz CT molecular complexity index is 536. The molecule has 2 nitrogen and oxygen atoms in total. The summed E-state index contributed by atoms with van der Waals surface area (Å²) in [6.07, 6.45) is 6.30. The lowest BCUT2D eigenvalue weighted by Gasteiger charge is -2.33. The number of allylic oxidation sites excluding steroid dienone is 1. The molecule has 1 saturated carbocycles. The van der Waals surface area contributed by atoms with E-state index in [1.165, 1.54) is 18.9 Å². The summed E-state index contributed by atoms with van der Waals surface area (Å²) in [7, 11) is 1.97. The van der Waals surface area contributed by atoms with Crippen LogP contribution in [0.1, 0.15) is 43.7 Å². The van der Waals surface area contributed by atoms with Crippen LogP contribution in [-0.2, 0) is 0 Å². The van der Waals surface area contributed by atoms with Crippen molar-refractivity contribution in [2.75, 3.05) is 12.4 Å². The van der Waals surface area contributed by atoms with Gasteiger partial charge < -0.3 is 10.6 Å². The fraction of sp³-hybridized carbons (Fsp3) is 0.444. The average Bonchev–Trinajstić information content (AvgIpc) is 2.49. The summed E-state index contributed by atoms with van der Waals surface area (Å²) in [5.41, 5.74) is 3.22. The van der Waals surface area contributed by atoms with Crippen LogP contribution in [0.15, 0.2) is 25.3 Å². The molecule has 0 aliphatic heterocycles. The van der Waals surface area contributed by atoms with E-state index in [4.69, 9.17) is 0 Å². The highest BCUT2D eigenvalue weighted by molar-refractivity contribution is 5.75. The summed E-state index contributed by atoms with van der Waals surface area (Å²) >= 11 is 0. The molecular weight excluding hydrogens is 263 g/mol. The highest BCUT2D eigenvalue weighted by atomic mass is 19.1. The number of hydrogen-bond acceptors (Lipinski definition) is 2. The zero-order valence-electron chi connectivity index (χ0n) is 13.0. The molecule has 0 radical (unpaired) electrons. The highest BCUT2D eigenvalue weighted by Gasteiger charge is 2.24. The third kappa shape index (κ3) is 3.53. The predicted octanol–water partition coefficient (Wildman–Crippen LogP) is 4.44. The lowest BCUT2D eigenvalue weighted by atomic mass is 9.90. The van der Waals surface area contributed by atoms with E-state index in [0.29, 0.717) is 11.7 Å². The van der Waals surface area contributed by atoms with Gasteiger partial charge in [0.15, 0.2) is 0 Å². The first-order valence-corrected chi connectivity index (χ1v) is 7.62. The lowest BCUT2D eigenvalue weighted by molar-refractivity contribution is 0.360. The van der Waals surface area contributed by atoms with Gasteiger partial charge in [0.1, 0.15) is 5.82 Å². The molecule has 0 saturated heterocycles. The number of hydrogen-bond donors (Lipinski definition) is 2. The maximum atomic E-state index is 14.3. The van der Waals surface area contributed by atoms with Crippen molar-refractivity contribution in [3.8, 4) is 0 Å². The third-order valence-electron chi connectivity index (χ3n) is 4.30. The average molecular weight is 288 g/mol. The summed E-state index contributed by atoms with van der Waals surface area (Å²) in [6, 6.07) is 4.06. The summed E-state index contributed by atoms with van der Waals surface area (Å²) < 4.78 is 14.3. The first kappa shape index (κ1) is 15.8. The zero-order chi connectivity index (χ0) is 15.4. The first-order chi connectivity index (χ1) is 10.1. The van der Waals surface area contributed by atoms with Crippen LogP contribution in [0.2, 0.25) is 0 Å². The second-order valence-electron chi connectivity index (χ2n) is 5.83. The van der Waals surface area contributed by atoms with Crippen molar-refractivity contribution in [3.05, 3.63) is 42.2 Å². The molecule has 2 rings (SSSR count). The summed E-state index contributed by atoms with van der Waals surface area (Å²) in [5, 5.41) is 6.72. The van der Waals surface area contributed by atoms with E-state index in [1.807, 2.05) is 20.0 Å². The number of anilines is 1. The summed E-state index contributed by atoms with van der Waals surface area (Å²) in [6.45, 7) is 9.65. The number of benzene rings is 1. The second kappa shape index (κ2) is 6.90. The molecule has 0 heterocycles. The fourth-order valence-corrected chi connectivity index (χ4v) is 3.09. The van der Waals surface area contributed by atoms with Crippen LogP contribution < -0.4 is 10.6 Å². The van der Waals surface area contributed by atoms with Crippen molar-refractivity contribution >= 4 is 17.3 Å². The van der Waals surface area contributed by atoms with E-state index >= 15 is 0 Å². The van der Waals surface area contributed by atoms with E-state index in [0.717, 1.165) is 29.5 Å². The molecule has 1 fully saturated rings. The molecule has 1 aliphatic carbocycles. The van der Waals surface area contributed by atoms with E-state index in [1.54, 1.807) is 6.08 Å². The van der Waals surface area contributed by atoms with E-state index in [-0.39, 0.29) is 11.9 Å². The minimum absolute atomic E-state index is 0.227. The molecule has 1 aromatic rings. The molecular formula is C18H25FN2. The predicted molar refractivity (Wildman–Crippen MR) is 89.9 cm³/mol. The molecule has 21 heavy (non-hydrogen) atoms. The van der Waals surface area contributed by atoms with Gasteiger partial charge in [-0.2, -0.15) is 0 Å². The quantitative estimate of drug-likeness (QED) is 0.836. The third-order valence-corrected chi connectivity index (χ3v) is 4.30. The van der Waals surface area contributed by atoms with Gasteiger partial charge in [0.05, 0.1) is 5.69 Å². The molecule has 2 unspecified atom stereocenters. The lowest BCUT2D eigenvalue weighted by Crippen LogP contribution is -2.44. The Hall–Kier alpha value is -1.61. The fourth-order valence-electron chi connectivity index (χ4n) is 3.09. The molecule has 2 atom stereocenters. The molecule has 1 aliphatic rings. The van der Waals surface area contributed by atoms with Crippen LogP contribution in [0, 0.1) is 5.82 Å². The van der Waals surface area contributed by atoms with Crippen LogP contribution in [0.5, 0.6) is 0 Å². The highest BCUT2D eigenvalue weighted by Crippen LogP contribution is 2.29. The Kier molecular flexibility index (Phi) is 5.18. The van der Waals surface area contributed by atoms with Crippen LogP contribution >= 0.6 is 0 Å². The largest absolute Gasteiger partial charge is 0.378 e. The van der Waals surface area contributed by atoms with Gasteiger partial charge in [-0.15, -0.1) is 0 Å². The molecule has 114 valence electrons. The normalized spacial score (nSPS) is 21.9. The van der Waals surface area contributed by atoms with Gasteiger partial charge in [-0.3, -0.25) is 0 Å². The van der Waals surface area contributed by atoms with Crippen LogP contribution in [0.3, 0.4) is 0 Å². The molecule has 1 aromatic carbocycles.